The minimum Gasteiger partial charge on any atom is -0.394 e. The molecule has 0 saturated carbocycles. The summed E-state index contributed by atoms with van der Waals surface area (Å²) in [5, 5.41) is 9.52. The second kappa shape index (κ2) is 6.11. The molecule has 0 bridgehead atoms. The fraction of sp³-hybridized carbons (Fsp3) is 0.571. The lowest BCUT2D eigenvalue weighted by atomic mass is 10.0. The highest BCUT2D eigenvalue weighted by Gasteiger charge is 2.28. The summed E-state index contributed by atoms with van der Waals surface area (Å²) in [5.41, 5.74) is 0.694. The van der Waals surface area contributed by atoms with E-state index in [-0.39, 0.29) is 12.6 Å². The van der Waals surface area contributed by atoms with Gasteiger partial charge in [-0.25, -0.2) is 12.7 Å². The molecule has 2 rings (SSSR count). The van der Waals surface area contributed by atoms with Crippen molar-refractivity contribution in [1.82, 2.24) is 4.31 Å². The minimum absolute atomic E-state index is 0.00209. The highest BCUT2D eigenvalue weighted by atomic mass is 32.2. The molecule has 1 aromatic carbocycles. The first-order valence-electron chi connectivity index (χ1n) is 6.87. The molecule has 0 spiro atoms. The van der Waals surface area contributed by atoms with Gasteiger partial charge in [-0.15, -0.1) is 0 Å². The second-order valence-electron chi connectivity index (χ2n) is 5.28. The maximum atomic E-state index is 12.4. The normalized spacial score (nSPS) is 20.4. The Morgan fingerprint density at radius 1 is 1.30 bits per heavy atom. The number of benzene rings is 1. The summed E-state index contributed by atoms with van der Waals surface area (Å²) in [4.78, 5) is 2.34. The Kier molecular flexibility index (Phi) is 4.67. The van der Waals surface area contributed by atoms with E-state index in [2.05, 4.69) is 0 Å². The zero-order valence-corrected chi connectivity index (χ0v) is 12.8. The summed E-state index contributed by atoms with van der Waals surface area (Å²) in [7, 11) is -0.411. The SMILES string of the molecule is CN(C)S(=O)(=O)c1ccccc1N1CCCCC1CO. The summed E-state index contributed by atoms with van der Waals surface area (Å²) in [6.07, 6.45) is 2.99. The van der Waals surface area contributed by atoms with Gasteiger partial charge >= 0.3 is 0 Å². The number of hydrogen-bond acceptors (Lipinski definition) is 4. The molecule has 0 amide bonds. The van der Waals surface area contributed by atoms with Gasteiger partial charge in [-0.3, -0.25) is 0 Å². The van der Waals surface area contributed by atoms with Crippen LogP contribution in [0.1, 0.15) is 19.3 Å². The molecular weight excluding hydrogens is 276 g/mol. The topological polar surface area (TPSA) is 60.9 Å². The van der Waals surface area contributed by atoms with Crippen molar-refractivity contribution in [2.45, 2.75) is 30.2 Å². The van der Waals surface area contributed by atoms with E-state index < -0.39 is 10.0 Å². The largest absolute Gasteiger partial charge is 0.394 e. The van der Waals surface area contributed by atoms with Gasteiger partial charge < -0.3 is 10.0 Å². The molecule has 20 heavy (non-hydrogen) atoms. The van der Waals surface area contributed by atoms with Gasteiger partial charge in [0.05, 0.1) is 18.3 Å². The first kappa shape index (κ1) is 15.3. The number of hydrogen-bond donors (Lipinski definition) is 1. The lowest BCUT2D eigenvalue weighted by Gasteiger charge is -2.37. The van der Waals surface area contributed by atoms with Crippen molar-refractivity contribution < 1.29 is 13.5 Å². The molecule has 1 saturated heterocycles. The summed E-state index contributed by atoms with van der Waals surface area (Å²) in [6, 6.07) is 7.03. The van der Waals surface area contributed by atoms with Crippen molar-refractivity contribution >= 4 is 15.7 Å². The standard InChI is InChI=1S/C14H22N2O3S/c1-15(2)20(18,19)14-9-4-3-8-13(14)16-10-6-5-7-12(16)11-17/h3-4,8-9,12,17H,5-7,10-11H2,1-2H3. The minimum atomic E-state index is -3.48. The van der Waals surface area contributed by atoms with Crippen molar-refractivity contribution in [2.24, 2.45) is 0 Å². The molecule has 1 aromatic rings. The molecule has 6 heteroatoms. The van der Waals surface area contributed by atoms with Gasteiger partial charge in [0.2, 0.25) is 10.0 Å². The number of rotatable bonds is 4. The number of sulfonamides is 1. The quantitative estimate of drug-likeness (QED) is 0.910. The third kappa shape index (κ3) is 2.82. The Labute approximate surface area is 120 Å². The monoisotopic (exact) mass is 298 g/mol. The van der Waals surface area contributed by atoms with E-state index >= 15 is 0 Å². The van der Waals surface area contributed by atoms with Crippen LogP contribution in [0.3, 0.4) is 0 Å². The zero-order valence-electron chi connectivity index (χ0n) is 12.0. The van der Waals surface area contributed by atoms with E-state index in [1.807, 2.05) is 17.0 Å². The summed E-state index contributed by atoms with van der Waals surface area (Å²) < 4.78 is 26.1. The molecule has 1 aliphatic rings. The van der Waals surface area contributed by atoms with Crippen LogP contribution in [-0.2, 0) is 10.0 Å². The van der Waals surface area contributed by atoms with Crippen LogP contribution in [0.15, 0.2) is 29.2 Å². The van der Waals surface area contributed by atoms with Crippen LogP contribution in [0.5, 0.6) is 0 Å². The van der Waals surface area contributed by atoms with Crippen molar-refractivity contribution in [1.29, 1.82) is 0 Å². The Balaban J connectivity index is 2.47. The third-order valence-electron chi connectivity index (χ3n) is 3.77. The van der Waals surface area contributed by atoms with E-state index in [1.165, 1.54) is 18.4 Å². The lowest BCUT2D eigenvalue weighted by molar-refractivity contribution is 0.239. The number of para-hydroxylation sites is 1. The molecule has 0 aromatic heterocycles. The molecule has 1 N–H and O–H groups in total. The van der Waals surface area contributed by atoms with Gasteiger partial charge in [-0.1, -0.05) is 12.1 Å². The van der Waals surface area contributed by atoms with Crippen LogP contribution in [0, 0.1) is 0 Å². The Morgan fingerprint density at radius 3 is 2.65 bits per heavy atom. The average Bonchev–Trinajstić information content (AvgIpc) is 2.47. The van der Waals surface area contributed by atoms with Crippen LogP contribution in [0.25, 0.3) is 0 Å². The molecule has 1 fully saturated rings. The molecule has 0 aliphatic carbocycles. The van der Waals surface area contributed by atoms with Crippen molar-refractivity contribution in [3.05, 3.63) is 24.3 Å². The number of nitrogens with zero attached hydrogens (tertiary/aromatic N) is 2. The molecule has 0 radical (unpaired) electrons. The van der Waals surface area contributed by atoms with Gasteiger partial charge in [0.1, 0.15) is 4.90 Å². The average molecular weight is 298 g/mol. The van der Waals surface area contributed by atoms with E-state index in [0.29, 0.717) is 10.6 Å². The van der Waals surface area contributed by atoms with Gasteiger partial charge in [0.15, 0.2) is 0 Å². The molecule has 1 heterocycles. The second-order valence-corrected chi connectivity index (χ2v) is 7.40. The van der Waals surface area contributed by atoms with E-state index in [1.54, 1.807) is 12.1 Å². The molecular formula is C14H22N2O3S. The van der Waals surface area contributed by atoms with Crippen molar-refractivity contribution in [3.8, 4) is 0 Å². The van der Waals surface area contributed by atoms with Gasteiger partial charge in [-0.2, -0.15) is 0 Å². The Bertz CT molecular complexity index is 557. The predicted octanol–water partition coefficient (Wildman–Crippen LogP) is 1.29. The van der Waals surface area contributed by atoms with E-state index in [0.717, 1.165) is 25.8 Å². The molecule has 1 unspecified atom stereocenters. The molecule has 112 valence electrons. The first-order chi connectivity index (χ1) is 9.48. The highest BCUT2D eigenvalue weighted by Crippen LogP contribution is 2.31. The smallest absolute Gasteiger partial charge is 0.244 e. The lowest BCUT2D eigenvalue weighted by Crippen LogP contribution is -2.42. The molecule has 1 aliphatic heterocycles. The van der Waals surface area contributed by atoms with Gasteiger partial charge in [-0.05, 0) is 31.4 Å². The number of aliphatic hydroxyl groups is 1. The van der Waals surface area contributed by atoms with Crippen LogP contribution in [0.2, 0.25) is 0 Å². The molecule has 1 atom stereocenters. The first-order valence-corrected chi connectivity index (χ1v) is 8.31. The third-order valence-corrected chi connectivity index (χ3v) is 5.63. The molecule has 5 nitrogen and oxygen atoms in total. The van der Waals surface area contributed by atoms with Crippen LogP contribution >= 0.6 is 0 Å². The van der Waals surface area contributed by atoms with Crippen LogP contribution in [-0.4, -0.2) is 51.1 Å². The number of piperidine rings is 1. The fourth-order valence-electron chi connectivity index (χ4n) is 2.62. The fourth-order valence-corrected chi connectivity index (χ4v) is 3.71. The Morgan fingerprint density at radius 2 is 2.00 bits per heavy atom. The van der Waals surface area contributed by atoms with E-state index in [4.69, 9.17) is 0 Å². The van der Waals surface area contributed by atoms with Crippen molar-refractivity contribution in [2.75, 3.05) is 32.1 Å². The Hall–Kier alpha value is -1.11. The summed E-state index contributed by atoms with van der Waals surface area (Å²) in [5.74, 6) is 0. The zero-order chi connectivity index (χ0) is 14.8. The van der Waals surface area contributed by atoms with Crippen LogP contribution in [0.4, 0.5) is 5.69 Å². The predicted molar refractivity (Wildman–Crippen MR) is 79.4 cm³/mol. The number of aliphatic hydroxyl groups excluding tert-OH is 1. The highest BCUT2D eigenvalue weighted by molar-refractivity contribution is 7.89. The van der Waals surface area contributed by atoms with Crippen LogP contribution < -0.4 is 4.90 Å². The number of anilines is 1. The van der Waals surface area contributed by atoms with Crippen molar-refractivity contribution in [3.63, 3.8) is 0 Å². The maximum absolute atomic E-state index is 12.4. The summed E-state index contributed by atoms with van der Waals surface area (Å²) in [6.45, 7) is 0.835. The summed E-state index contributed by atoms with van der Waals surface area (Å²) >= 11 is 0. The van der Waals surface area contributed by atoms with Gasteiger partial charge in [0.25, 0.3) is 0 Å². The maximum Gasteiger partial charge on any atom is 0.244 e. The van der Waals surface area contributed by atoms with Gasteiger partial charge in [0, 0.05) is 20.6 Å². The van der Waals surface area contributed by atoms with E-state index in [9.17, 15) is 13.5 Å².